The Morgan fingerprint density at radius 1 is 1.47 bits per heavy atom. The molecule has 3 rings (SSSR count). The van der Waals surface area contributed by atoms with E-state index in [4.69, 9.17) is 5.11 Å². The van der Waals surface area contributed by atoms with Crippen LogP contribution in [-0.4, -0.2) is 21.3 Å². The first-order valence-electron chi connectivity index (χ1n) is 4.34. The summed E-state index contributed by atoms with van der Waals surface area (Å²) < 4.78 is 0.971. The number of carbonyl (C=O) groups is 1. The highest BCUT2D eigenvalue weighted by Gasteiger charge is 2.10. The number of thiophene rings is 1. The first-order chi connectivity index (χ1) is 7.25. The molecule has 0 aliphatic rings. The summed E-state index contributed by atoms with van der Waals surface area (Å²) in [5.41, 5.74) is 0.932. The third kappa shape index (κ3) is 1.13. The molecular weight excluding hydrogens is 212 g/mol. The summed E-state index contributed by atoms with van der Waals surface area (Å²) in [7, 11) is 0. The topological polar surface area (TPSA) is 66.0 Å². The van der Waals surface area contributed by atoms with Crippen molar-refractivity contribution < 1.29 is 9.90 Å². The monoisotopic (exact) mass is 218 g/mol. The van der Waals surface area contributed by atoms with Gasteiger partial charge in [0.05, 0.1) is 11.7 Å². The van der Waals surface area contributed by atoms with E-state index < -0.39 is 5.97 Å². The van der Waals surface area contributed by atoms with Crippen molar-refractivity contribution in [3.05, 3.63) is 29.3 Å². The van der Waals surface area contributed by atoms with Gasteiger partial charge in [-0.05, 0) is 17.5 Å². The number of aromatic nitrogens is 2. The van der Waals surface area contributed by atoms with Crippen LogP contribution in [0.3, 0.4) is 0 Å². The van der Waals surface area contributed by atoms with E-state index in [0.717, 1.165) is 21.0 Å². The lowest BCUT2D eigenvalue weighted by molar-refractivity contribution is 0.0702. The van der Waals surface area contributed by atoms with E-state index in [0.29, 0.717) is 4.88 Å². The van der Waals surface area contributed by atoms with Crippen molar-refractivity contribution in [3.63, 3.8) is 0 Å². The predicted molar refractivity (Wildman–Crippen MR) is 58.4 cm³/mol. The van der Waals surface area contributed by atoms with Crippen molar-refractivity contribution in [2.45, 2.75) is 0 Å². The average Bonchev–Trinajstić information content (AvgIpc) is 2.82. The third-order valence-corrected chi connectivity index (χ3v) is 3.49. The molecule has 0 saturated heterocycles. The molecule has 15 heavy (non-hydrogen) atoms. The smallest absolute Gasteiger partial charge is 0.345 e. The van der Waals surface area contributed by atoms with Crippen LogP contribution in [0.15, 0.2) is 24.4 Å². The lowest BCUT2D eigenvalue weighted by atomic mass is 10.2. The van der Waals surface area contributed by atoms with Gasteiger partial charge in [-0.2, -0.15) is 5.10 Å². The maximum Gasteiger partial charge on any atom is 0.345 e. The summed E-state index contributed by atoms with van der Waals surface area (Å²) in [4.78, 5) is 11.2. The fourth-order valence-corrected chi connectivity index (χ4v) is 2.63. The maximum atomic E-state index is 10.8. The minimum Gasteiger partial charge on any atom is -0.477 e. The van der Waals surface area contributed by atoms with Gasteiger partial charge in [0.25, 0.3) is 0 Å². The van der Waals surface area contributed by atoms with Gasteiger partial charge >= 0.3 is 5.97 Å². The minimum absolute atomic E-state index is 0.360. The number of aromatic amines is 1. The Kier molecular flexibility index (Phi) is 1.58. The van der Waals surface area contributed by atoms with Crippen LogP contribution < -0.4 is 0 Å². The van der Waals surface area contributed by atoms with Gasteiger partial charge in [-0.15, -0.1) is 11.3 Å². The zero-order valence-corrected chi connectivity index (χ0v) is 8.34. The highest BCUT2D eigenvalue weighted by atomic mass is 32.1. The molecule has 3 aromatic rings. The number of H-pyrrole nitrogens is 1. The Morgan fingerprint density at radius 2 is 2.33 bits per heavy atom. The van der Waals surface area contributed by atoms with Crippen molar-refractivity contribution in [2.24, 2.45) is 0 Å². The zero-order chi connectivity index (χ0) is 10.4. The van der Waals surface area contributed by atoms with Crippen LogP contribution in [0.5, 0.6) is 0 Å². The van der Waals surface area contributed by atoms with Crippen molar-refractivity contribution in [1.29, 1.82) is 0 Å². The fraction of sp³-hybridized carbons (Fsp3) is 0. The van der Waals surface area contributed by atoms with Gasteiger partial charge < -0.3 is 5.11 Å². The Morgan fingerprint density at radius 3 is 3.13 bits per heavy atom. The average molecular weight is 218 g/mol. The van der Waals surface area contributed by atoms with E-state index >= 15 is 0 Å². The second-order valence-electron chi connectivity index (χ2n) is 3.23. The Bertz CT molecular complexity index is 668. The highest BCUT2D eigenvalue weighted by Crippen LogP contribution is 2.31. The lowest BCUT2D eigenvalue weighted by Gasteiger charge is -1.89. The molecule has 1 aromatic carbocycles. The molecule has 0 aliphatic heterocycles. The van der Waals surface area contributed by atoms with Crippen LogP contribution >= 0.6 is 11.3 Å². The number of hydrogen-bond donors (Lipinski definition) is 2. The lowest BCUT2D eigenvalue weighted by Crippen LogP contribution is -1.89. The predicted octanol–water partition coefficient (Wildman–Crippen LogP) is 2.48. The maximum absolute atomic E-state index is 10.8. The molecule has 74 valence electrons. The van der Waals surface area contributed by atoms with Gasteiger partial charge in [-0.25, -0.2) is 4.79 Å². The highest BCUT2D eigenvalue weighted by molar-refractivity contribution is 7.21. The second-order valence-corrected chi connectivity index (χ2v) is 4.28. The van der Waals surface area contributed by atoms with Crippen molar-refractivity contribution >= 4 is 38.3 Å². The quantitative estimate of drug-likeness (QED) is 0.659. The zero-order valence-electron chi connectivity index (χ0n) is 7.52. The fourth-order valence-electron chi connectivity index (χ4n) is 1.62. The molecule has 2 aromatic heterocycles. The van der Waals surface area contributed by atoms with Crippen LogP contribution in [-0.2, 0) is 0 Å². The third-order valence-electron chi connectivity index (χ3n) is 2.31. The van der Waals surface area contributed by atoms with Gasteiger partial charge in [-0.3, -0.25) is 5.10 Å². The molecular formula is C10H6N2O2S. The molecule has 0 fully saturated rings. The van der Waals surface area contributed by atoms with E-state index in [1.165, 1.54) is 11.3 Å². The largest absolute Gasteiger partial charge is 0.477 e. The number of carboxylic acid groups (broad SMARTS) is 1. The minimum atomic E-state index is -0.882. The van der Waals surface area contributed by atoms with E-state index in [2.05, 4.69) is 10.2 Å². The van der Waals surface area contributed by atoms with Crippen molar-refractivity contribution in [1.82, 2.24) is 10.2 Å². The summed E-state index contributed by atoms with van der Waals surface area (Å²) in [5, 5.41) is 17.6. The summed E-state index contributed by atoms with van der Waals surface area (Å²) in [6.07, 6.45) is 1.72. The van der Waals surface area contributed by atoms with Gasteiger partial charge in [-0.1, -0.05) is 6.07 Å². The molecule has 0 amide bonds. The molecule has 2 heterocycles. The van der Waals surface area contributed by atoms with Gasteiger partial charge in [0, 0.05) is 10.1 Å². The van der Waals surface area contributed by atoms with E-state index in [1.54, 1.807) is 12.3 Å². The Hall–Kier alpha value is -1.88. The summed E-state index contributed by atoms with van der Waals surface area (Å²) >= 11 is 1.28. The van der Waals surface area contributed by atoms with Gasteiger partial charge in [0.1, 0.15) is 4.88 Å². The molecule has 0 atom stereocenters. The number of nitrogens with one attached hydrogen (secondary N) is 1. The van der Waals surface area contributed by atoms with Crippen LogP contribution in [0, 0.1) is 0 Å². The van der Waals surface area contributed by atoms with Gasteiger partial charge in [0.2, 0.25) is 0 Å². The number of carboxylic acids is 1. The molecule has 0 bridgehead atoms. The standard InChI is InChI=1S/C10H6N2O2S/c13-10(14)8-3-5-1-2-7-6(4-11-12-7)9(5)15-8/h1-4H,(H,11,12)(H,13,14). The molecule has 0 saturated carbocycles. The summed E-state index contributed by atoms with van der Waals surface area (Å²) in [6.45, 7) is 0. The number of benzene rings is 1. The number of rotatable bonds is 1. The molecule has 2 N–H and O–H groups in total. The Balaban J connectivity index is 2.46. The van der Waals surface area contributed by atoms with E-state index in [-0.39, 0.29) is 0 Å². The van der Waals surface area contributed by atoms with Gasteiger partial charge in [0.15, 0.2) is 0 Å². The number of fused-ring (bicyclic) bond motifs is 3. The molecule has 0 unspecified atom stereocenters. The summed E-state index contributed by atoms with van der Waals surface area (Å²) in [6, 6.07) is 5.50. The van der Waals surface area contributed by atoms with Crippen LogP contribution in [0.2, 0.25) is 0 Å². The van der Waals surface area contributed by atoms with Crippen molar-refractivity contribution in [3.8, 4) is 0 Å². The molecule has 4 nitrogen and oxygen atoms in total. The Labute approximate surface area is 88.2 Å². The summed E-state index contributed by atoms with van der Waals surface area (Å²) in [5.74, 6) is -0.882. The second kappa shape index (κ2) is 2.80. The normalized spacial score (nSPS) is 11.2. The first kappa shape index (κ1) is 8.43. The molecule has 0 radical (unpaired) electrons. The first-order valence-corrected chi connectivity index (χ1v) is 5.16. The number of hydrogen-bond acceptors (Lipinski definition) is 3. The van der Waals surface area contributed by atoms with E-state index in [1.807, 2.05) is 12.1 Å². The molecule has 0 spiro atoms. The van der Waals surface area contributed by atoms with Crippen LogP contribution in [0.25, 0.3) is 21.0 Å². The van der Waals surface area contributed by atoms with Crippen molar-refractivity contribution in [2.75, 3.05) is 0 Å². The van der Waals surface area contributed by atoms with Crippen LogP contribution in [0.1, 0.15) is 9.67 Å². The SMILES string of the molecule is O=C(O)c1cc2ccc3[nH]ncc3c2s1. The number of nitrogens with zero attached hydrogens (tertiary/aromatic N) is 1. The van der Waals surface area contributed by atoms with E-state index in [9.17, 15) is 4.79 Å². The molecule has 0 aliphatic carbocycles. The van der Waals surface area contributed by atoms with Crippen LogP contribution in [0.4, 0.5) is 0 Å². The molecule has 5 heteroatoms. The number of aromatic carboxylic acids is 1.